The summed E-state index contributed by atoms with van der Waals surface area (Å²) in [5.41, 5.74) is -0.235. The lowest BCUT2D eigenvalue weighted by atomic mass is 10.2. The molecule has 3 N–H and O–H groups in total. The normalized spacial score (nSPS) is 11.2. The van der Waals surface area contributed by atoms with Crippen molar-refractivity contribution in [2.75, 3.05) is 5.32 Å². The third-order valence-corrected chi connectivity index (χ3v) is 3.54. The number of nitrogens with two attached hydrogens (primary N) is 1. The Labute approximate surface area is 119 Å². The zero-order chi connectivity index (χ0) is 15.6. The smallest absolute Gasteiger partial charge is 0.258 e. The first-order valence-corrected chi connectivity index (χ1v) is 7.21. The van der Waals surface area contributed by atoms with Crippen LogP contribution in [-0.2, 0) is 10.0 Å². The minimum Gasteiger partial charge on any atom is -0.322 e. The highest BCUT2D eigenvalue weighted by atomic mass is 32.2. The Hall–Kier alpha value is -2.32. The van der Waals surface area contributed by atoms with Crippen molar-refractivity contribution in [1.82, 2.24) is 0 Å². The highest BCUT2D eigenvalue weighted by Crippen LogP contribution is 2.15. The Balaban J connectivity index is 2.22. The number of anilines is 1. The number of nitrogens with one attached hydrogen (secondary N) is 1. The molecule has 0 unspecified atom stereocenters. The fourth-order valence-electron chi connectivity index (χ4n) is 1.60. The number of halogens is 2. The lowest BCUT2D eigenvalue weighted by molar-refractivity contribution is 0.102. The topological polar surface area (TPSA) is 89.3 Å². The van der Waals surface area contributed by atoms with Crippen LogP contribution in [0.5, 0.6) is 0 Å². The van der Waals surface area contributed by atoms with Gasteiger partial charge >= 0.3 is 0 Å². The predicted molar refractivity (Wildman–Crippen MR) is 72.1 cm³/mol. The van der Waals surface area contributed by atoms with E-state index in [-0.39, 0.29) is 10.6 Å². The summed E-state index contributed by atoms with van der Waals surface area (Å²) in [5, 5.41) is 7.25. The Bertz CT molecular complexity index is 790. The maximum Gasteiger partial charge on any atom is 0.258 e. The molecule has 2 aromatic carbocycles. The first kappa shape index (κ1) is 15.1. The van der Waals surface area contributed by atoms with Gasteiger partial charge in [-0.25, -0.2) is 22.3 Å². The van der Waals surface area contributed by atoms with E-state index in [1.807, 2.05) is 0 Å². The van der Waals surface area contributed by atoms with Gasteiger partial charge in [-0.05, 0) is 42.5 Å². The van der Waals surface area contributed by atoms with E-state index < -0.39 is 33.1 Å². The van der Waals surface area contributed by atoms with Crippen LogP contribution in [0.2, 0.25) is 0 Å². The van der Waals surface area contributed by atoms with Crippen LogP contribution in [0, 0.1) is 11.6 Å². The lowest BCUT2D eigenvalue weighted by Crippen LogP contribution is -2.15. The molecule has 0 radical (unpaired) electrons. The van der Waals surface area contributed by atoms with Crippen molar-refractivity contribution in [1.29, 1.82) is 0 Å². The van der Waals surface area contributed by atoms with Crippen LogP contribution in [-0.4, -0.2) is 14.3 Å². The number of hydrogen-bond donors (Lipinski definition) is 2. The average molecular weight is 312 g/mol. The predicted octanol–water partition coefficient (Wildman–Crippen LogP) is 1.86. The number of hydrogen-bond acceptors (Lipinski definition) is 3. The fourth-order valence-corrected chi connectivity index (χ4v) is 2.11. The number of amides is 1. The van der Waals surface area contributed by atoms with Crippen molar-refractivity contribution in [3.63, 3.8) is 0 Å². The largest absolute Gasteiger partial charge is 0.322 e. The van der Waals surface area contributed by atoms with Crippen LogP contribution in [0.25, 0.3) is 0 Å². The summed E-state index contributed by atoms with van der Waals surface area (Å²) in [5.74, 6) is -2.46. The van der Waals surface area contributed by atoms with E-state index in [0.29, 0.717) is 0 Å². The van der Waals surface area contributed by atoms with Gasteiger partial charge < -0.3 is 5.32 Å². The van der Waals surface area contributed by atoms with Crippen LogP contribution in [0.4, 0.5) is 14.5 Å². The van der Waals surface area contributed by atoms with Gasteiger partial charge in [-0.3, -0.25) is 4.79 Å². The molecule has 0 aliphatic rings. The van der Waals surface area contributed by atoms with Gasteiger partial charge in [-0.1, -0.05) is 0 Å². The van der Waals surface area contributed by atoms with Gasteiger partial charge in [0.05, 0.1) is 10.5 Å². The van der Waals surface area contributed by atoms with Crippen LogP contribution in [0.15, 0.2) is 47.4 Å². The van der Waals surface area contributed by atoms with Gasteiger partial charge in [0.15, 0.2) is 0 Å². The Kier molecular flexibility index (Phi) is 4.01. The molecular formula is C13H10F2N2O3S. The number of carbonyl (C=O) groups is 1. The highest BCUT2D eigenvalue weighted by Gasteiger charge is 2.13. The van der Waals surface area contributed by atoms with Gasteiger partial charge in [0.1, 0.15) is 11.6 Å². The van der Waals surface area contributed by atoms with Crippen LogP contribution < -0.4 is 10.5 Å². The molecule has 0 heterocycles. The molecule has 2 aromatic rings. The summed E-state index contributed by atoms with van der Waals surface area (Å²) in [4.78, 5) is 11.7. The van der Waals surface area contributed by atoms with Crippen LogP contribution in [0.1, 0.15) is 10.4 Å². The third kappa shape index (κ3) is 3.61. The number of sulfonamides is 1. The van der Waals surface area contributed by atoms with Gasteiger partial charge in [-0.15, -0.1) is 0 Å². The van der Waals surface area contributed by atoms with Gasteiger partial charge in [0.2, 0.25) is 10.0 Å². The Morgan fingerprint density at radius 2 is 1.67 bits per heavy atom. The van der Waals surface area contributed by atoms with E-state index in [2.05, 4.69) is 5.32 Å². The van der Waals surface area contributed by atoms with E-state index in [4.69, 9.17) is 5.14 Å². The first-order valence-electron chi connectivity index (χ1n) is 5.66. The summed E-state index contributed by atoms with van der Waals surface area (Å²) in [6.45, 7) is 0. The second kappa shape index (κ2) is 5.58. The van der Waals surface area contributed by atoms with Crippen molar-refractivity contribution in [2.45, 2.75) is 4.90 Å². The molecular weight excluding hydrogens is 302 g/mol. The first-order chi connectivity index (χ1) is 9.77. The zero-order valence-corrected chi connectivity index (χ0v) is 11.3. The second-order valence-corrected chi connectivity index (χ2v) is 5.71. The van der Waals surface area contributed by atoms with Crippen molar-refractivity contribution in [3.05, 3.63) is 59.7 Å². The van der Waals surface area contributed by atoms with E-state index in [1.165, 1.54) is 24.3 Å². The third-order valence-electron chi connectivity index (χ3n) is 2.61. The molecule has 0 atom stereocenters. The Morgan fingerprint density at radius 1 is 1.05 bits per heavy atom. The molecule has 0 fully saturated rings. The fraction of sp³-hybridized carbons (Fsp3) is 0. The summed E-state index contributed by atoms with van der Waals surface area (Å²) in [6, 6.07) is 7.45. The minimum absolute atomic E-state index is 0.127. The molecule has 110 valence electrons. The van der Waals surface area contributed by atoms with Crippen molar-refractivity contribution < 1.29 is 22.0 Å². The molecule has 1 amide bonds. The van der Waals surface area contributed by atoms with Crippen LogP contribution in [0.3, 0.4) is 0 Å². The monoisotopic (exact) mass is 312 g/mol. The molecule has 0 spiro atoms. The van der Waals surface area contributed by atoms with Gasteiger partial charge in [-0.2, -0.15) is 0 Å². The molecule has 0 saturated heterocycles. The van der Waals surface area contributed by atoms with Crippen LogP contribution >= 0.6 is 0 Å². The van der Waals surface area contributed by atoms with E-state index in [9.17, 15) is 22.0 Å². The molecule has 0 bridgehead atoms. The molecule has 0 aromatic heterocycles. The molecule has 0 saturated carbocycles. The zero-order valence-electron chi connectivity index (χ0n) is 10.5. The van der Waals surface area contributed by atoms with Gasteiger partial charge in [0.25, 0.3) is 5.91 Å². The second-order valence-electron chi connectivity index (χ2n) is 4.15. The highest BCUT2D eigenvalue weighted by molar-refractivity contribution is 7.89. The SMILES string of the molecule is NS(=O)(=O)c1ccc(NC(=O)c2cc(F)ccc2F)cc1. The number of carbonyl (C=O) groups excluding carboxylic acids is 1. The van der Waals surface area contributed by atoms with E-state index in [0.717, 1.165) is 18.2 Å². The van der Waals surface area contributed by atoms with Crippen molar-refractivity contribution >= 4 is 21.6 Å². The van der Waals surface area contributed by atoms with Crippen molar-refractivity contribution in [3.8, 4) is 0 Å². The minimum atomic E-state index is -3.83. The maximum absolute atomic E-state index is 13.4. The number of benzene rings is 2. The summed E-state index contributed by atoms with van der Waals surface area (Å²) in [7, 11) is -3.83. The molecule has 5 nitrogen and oxygen atoms in total. The van der Waals surface area contributed by atoms with E-state index >= 15 is 0 Å². The molecule has 0 aliphatic heterocycles. The molecule has 2 rings (SSSR count). The molecule has 0 aliphatic carbocycles. The summed E-state index contributed by atoms with van der Waals surface area (Å²) >= 11 is 0. The number of rotatable bonds is 3. The Morgan fingerprint density at radius 3 is 2.24 bits per heavy atom. The number of primary sulfonamides is 1. The van der Waals surface area contributed by atoms with E-state index in [1.54, 1.807) is 0 Å². The van der Waals surface area contributed by atoms with Crippen molar-refractivity contribution in [2.24, 2.45) is 5.14 Å². The lowest BCUT2D eigenvalue weighted by Gasteiger charge is -2.07. The molecule has 21 heavy (non-hydrogen) atoms. The van der Waals surface area contributed by atoms with Gasteiger partial charge in [0, 0.05) is 5.69 Å². The summed E-state index contributed by atoms with van der Waals surface area (Å²) in [6.07, 6.45) is 0. The quantitative estimate of drug-likeness (QED) is 0.906. The maximum atomic E-state index is 13.4. The average Bonchev–Trinajstić information content (AvgIpc) is 2.41. The standard InChI is InChI=1S/C13H10F2N2O3S/c14-8-1-6-12(15)11(7-8)13(18)17-9-2-4-10(5-3-9)21(16,19)20/h1-7H,(H,17,18)(H2,16,19,20). The molecule has 8 heteroatoms. The summed E-state index contributed by atoms with van der Waals surface area (Å²) < 4.78 is 48.6.